The maximum atomic E-state index is 12.8. The van der Waals surface area contributed by atoms with Crippen LogP contribution in [0, 0.1) is 6.92 Å². The Morgan fingerprint density at radius 3 is 2.46 bits per heavy atom. The standard InChI is InChI=1S/C20H25N3O4S/c1-5-23(6-2)28(25,26)17-9-10-18-15(11-17)12-19(22(18)4)20(24)21-13-16-8-7-14(3)27-16/h7-12H,5-6,13H2,1-4H3,(H,21,24). The predicted molar refractivity (Wildman–Crippen MR) is 108 cm³/mol. The van der Waals surface area contributed by atoms with Crippen molar-refractivity contribution < 1.29 is 17.6 Å². The van der Waals surface area contributed by atoms with Crippen molar-refractivity contribution in [3.63, 3.8) is 0 Å². The molecule has 0 fully saturated rings. The first kappa shape index (κ1) is 20.2. The molecule has 150 valence electrons. The smallest absolute Gasteiger partial charge is 0.268 e. The maximum Gasteiger partial charge on any atom is 0.268 e. The van der Waals surface area contributed by atoms with E-state index in [9.17, 15) is 13.2 Å². The molecule has 1 amide bonds. The van der Waals surface area contributed by atoms with Crippen molar-refractivity contribution in [1.29, 1.82) is 0 Å². The lowest BCUT2D eigenvalue weighted by Crippen LogP contribution is -2.30. The monoisotopic (exact) mass is 403 g/mol. The zero-order valence-electron chi connectivity index (χ0n) is 16.5. The van der Waals surface area contributed by atoms with Crippen molar-refractivity contribution >= 4 is 26.8 Å². The van der Waals surface area contributed by atoms with Crippen LogP contribution in [-0.2, 0) is 23.6 Å². The number of aromatic nitrogens is 1. The number of furan rings is 1. The second-order valence-corrected chi connectivity index (χ2v) is 8.53. The summed E-state index contributed by atoms with van der Waals surface area (Å²) in [5.74, 6) is 1.22. The van der Waals surface area contributed by atoms with Crippen LogP contribution in [-0.4, -0.2) is 36.3 Å². The molecule has 0 saturated carbocycles. The maximum absolute atomic E-state index is 12.8. The lowest BCUT2D eigenvalue weighted by atomic mass is 10.2. The Morgan fingerprint density at radius 2 is 1.86 bits per heavy atom. The fraction of sp³-hybridized carbons (Fsp3) is 0.350. The highest BCUT2D eigenvalue weighted by molar-refractivity contribution is 7.89. The summed E-state index contributed by atoms with van der Waals surface area (Å²) in [6.07, 6.45) is 0. The summed E-state index contributed by atoms with van der Waals surface area (Å²) in [5.41, 5.74) is 1.24. The SMILES string of the molecule is CCN(CC)S(=O)(=O)c1ccc2c(c1)cc(C(=O)NCc1ccc(C)o1)n2C. The number of rotatable bonds is 7. The lowest BCUT2D eigenvalue weighted by Gasteiger charge is -2.18. The highest BCUT2D eigenvalue weighted by atomic mass is 32.2. The van der Waals surface area contributed by atoms with E-state index < -0.39 is 10.0 Å². The molecule has 0 radical (unpaired) electrons. The molecule has 3 aromatic rings. The number of nitrogens with zero attached hydrogens (tertiary/aromatic N) is 2. The number of benzene rings is 1. The van der Waals surface area contributed by atoms with Gasteiger partial charge in [0.1, 0.15) is 17.2 Å². The third-order valence-electron chi connectivity index (χ3n) is 4.81. The van der Waals surface area contributed by atoms with Crippen molar-refractivity contribution in [2.45, 2.75) is 32.2 Å². The van der Waals surface area contributed by atoms with Gasteiger partial charge in [-0.15, -0.1) is 0 Å². The third kappa shape index (κ3) is 3.70. The minimum absolute atomic E-state index is 0.229. The van der Waals surface area contributed by atoms with Crippen LogP contribution in [0.4, 0.5) is 0 Å². The first-order chi connectivity index (χ1) is 13.3. The molecule has 2 heterocycles. The van der Waals surface area contributed by atoms with E-state index in [1.807, 2.05) is 32.9 Å². The molecule has 28 heavy (non-hydrogen) atoms. The molecule has 3 rings (SSSR count). The van der Waals surface area contributed by atoms with E-state index in [1.54, 1.807) is 35.9 Å². The Hall–Kier alpha value is -2.58. The average molecular weight is 404 g/mol. The van der Waals surface area contributed by atoms with E-state index >= 15 is 0 Å². The van der Waals surface area contributed by atoms with E-state index in [2.05, 4.69) is 5.32 Å². The quantitative estimate of drug-likeness (QED) is 0.657. The summed E-state index contributed by atoms with van der Waals surface area (Å²) < 4.78 is 34.1. The summed E-state index contributed by atoms with van der Waals surface area (Å²) in [4.78, 5) is 12.8. The van der Waals surface area contributed by atoms with Crippen LogP contribution < -0.4 is 5.32 Å². The second-order valence-electron chi connectivity index (χ2n) is 6.59. The molecule has 1 N–H and O–H groups in total. The van der Waals surface area contributed by atoms with Crippen molar-refractivity contribution in [3.05, 3.63) is 53.6 Å². The zero-order chi connectivity index (χ0) is 20.5. The van der Waals surface area contributed by atoms with Gasteiger partial charge in [-0.25, -0.2) is 8.42 Å². The Morgan fingerprint density at radius 1 is 1.14 bits per heavy atom. The van der Waals surface area contributed by atoms with E-state index in [4.69, 9.17) is 4.42 Å². The zero-order valence-corrected chi connectivity index (χ0v) is 17.3. The largest absolute Gasteiger partial charge is 0.465 e. The van der Waals surface area contributed by atoms with Crippen molar-refractivity contribution in [2.24, 2.45) is 7.05 Å². The van der Waals surface area contributed by atoms with Gasteiger partial charge < -0.3 is 14.3 Å². The summed E-state index contributed by atoms with van der Waals surface area (Å²) >= 11 is 0. The molecule has 2 aromatic heterocycles. The molecule has 0 aliphatic heterocycles. The molecule has 8 heteroatoms. The summed E-state index contributed by atoms with van der Waals surface area (Å²) in [6, 6.07) is 10.3. The number of nitrogens with one attached hydrogen (secondary N) is 1. The van der Waals surface area contributed by atoms with Crippen molar-refractivity contribution in [1.82, 2.24) is 14.2 Å². The van der Waals surface area contributed by atoms with Crippen LogP contribution in [0.2, 0.25) is 0 Å². The van der Waals surface area contributed by atoms with E-state index in [0.717, 1.165) is 11.3 Å². The Kier molecular flexibility index (Phi) is 5.62. The normalized spacial score (nSPS) is 12.0. The van der Waals surface area contributed by atoms with Crippen LogP contribution in [0.1, 0.15) is 35.9 Å². The summed E-state index contributed by atoms with van der Waals surface area (Å²) in [5, 5.41) is 3.54. The van der Waals surface area contributed by atoms with E-state index in [0.29, 0.717) is 29.9 Å². The van der Waals surface area contributed by atoms with Gasteiger partial charge in [0.2, 0.25) is 10.0 Å². The molecule has 0 saturated heterocycles. The van der Waals surface area contributed by atoms with Crippen LogP contribution in [0.3, 0.4) is 0 Å². The van der Waals surface area contributed by atoms with Gasteiger partial charge in [0.05, 0.1) is 11.4 Å². The molecule has 0 aliphatic carbocycles. The van der Waals surface area contributed by atoms with Gasteiger partial charge in [0, 0.05) is 31.0 Å². The fourth-order valence-corrected chi connectivity index (χ4v) is 4.75. The first-order valence-electron chi connectivity index (χ1n) is 9.21. The van der Waals surface area contributed by atoms with Crippen LogP contribution in [0.25, 0.3) is 10.9 Å². The average Bonchev–Trinajstić information content (AvgIpc) is 3.23. The number of amides is 1. The van der Waals surface area contributed by atoms with Gasteiger partial charge in [-0.3, -0.25) is 4.79 Å². The van der Waals surface area contributed by atoms with Gasteiger partial charge in [-0.05, 0) is 43.3 Å². The second kappa shape index (κ2) is 7.81. The van der Waals surface area contributed by atoms with E-state index in [-0.39, 0.29) is 17.3 Å². The van der Waals surface area contributed by atoms with Gasteiger partial charge >= 0.3 is 0 Å². The molecule has 1 aromatic carbocycles. The Labute approximate surface area is 165 Å². The fourth-order valence-electron chi connectivity index (χ4n) is 3.26. The summed E-state index contributed by atoms with van der Waals surface area (Å²) in [7, 11) is -1.76. The first-order valence-corrected chi connectivity index (χ1v) is 10.6. The van der Waals surface area contributed by atoms with E-state index in [1.165, 1.54) is 4.31 Å². The third-order valence-corrected chi connectivity index (χ3v) is 6.85. The Bertz CT molecular complexity index is 1110. The highest BCUT2D eigenvalue weighted by Gasteiger charge is 2.23. The molecule has 0 unspecified atom stereocenters. The summed E-state index contributed by atoms with van der Waals surface area (Å²) in [6.45, 7) is 6.57. The molecular weight excluding hydrogens is 378 g/mol. The number of fused-ring (bicyclic) bond motifs is 1. The number of aryl methyl sites for hydroxylation is 2. The van der Waals surface area contributed by atoms with Crippen LogP contribution >= 0.6 is 0 Å². The van der Waals surface area contributed by atoms with Gasteiger partial charge in [0.15, 0.2) is 0 Å². The molecule has 0 atom stereocenters. The van der Waals surface area contributed by atoms with Gasteiger partial charge in [0.25, 0.3) is 5.91 Å². The molecule has 0 aliphatic rings. The lowest BCUT2D eigenvalue weighted by molar-refractivity contribution is 0.0940. The van der Waals surface area contributed by atoms with Crippen LogP contribution in [0.5, 0.6) is 0 Å². The van der Waals surface area contributed by atoms with Gasteiger partial charge in [-0.1, -0.05) is 13.8 Å². The van der Waals surface area contributed by atoms with Crippen molar-refractivity contribution in [3.8, 4) is 0 Å². The molecule has 0 spiro atoms. The number of sulfonamides is 1. The topological polar surface area (TPSA) is 84.6 Å². The number of hydrogen-bond donors (Lipinski definition) is 1. The Balaban J connectivity index is 1.89. The molecular formula is C20H25N3O4S. The molecule has 0 bridgehead atoms. The minimum atomic E-state index is -3.55. The number of carbonyl (C=O) groups is 1. The number of hydrogen-bond acceptors (Lipinski definition) is 4. The highest BCUT2D eigenvalue weighted by Crippen LogP contribution is 2.24. The van der Waals surface area contributed by atoms with Crippen LogP contribution in [0.15, 0.2) is 45.7 Å². The minimum Gasteiger partial charge on any atom is -0.465 e. The predicted octanol–water partition coefficient (Wildman–Crippen LogP) is 3.04. The number of carbonyl (C=O) groups excluding carboxylic acids is 1. The molecule has 7 nitrogen and oxygen atoms in total. The van der Waals surface area contributed by atoms with Crippen molar-refractivity contribution in [2.75, 3.05) is 13.1 Å². The van der Waals surface area contributed by atoms with Gasteiger partial charge in [-0.2, -0.15) is 4.31 Å².